The van der Waals surface area contributed by atoms with Crippen molar-refractivity contribution in [3.8, 4) is 0 Å². The first-order chi connectivity index (χ1) is 9.57. The number of rotatable bonds is 1. The SMILES string of the molecule is FC(F)(F)c1cc(N2CCCC(C(F)(F)F)C2)nc(Cl)n1. The second-order valence-electron chi connectivity index (χ2n) is 4.70. The van der Waals surface area contributed by atoms with Gasteiger partial charge in [0.05, 0.1) is 5.92 Å². The van der Waals surface area contributed by atoms with Crippen LogP contribution in [0.3, 0.4) is 0 Å². The normalized spacial score (nSPS) is 20.7. The van der Waals surface area contributed by atoms with Gasteiger partial charge in [0.1, 0.15) is 5.82 Å². The average molecular weight is 334 g/mol. The minimum Gasteiger partial charge on any atom is -0.356 e. The van der Waals surface area contributed by atoms with Crippen LogP contribution in [0, 0.1) is 5.92 Å². The Kier molecular flexibility index (Phi) is 4.23. The molecule has 2 rings (SSSR count). The van der Waals surface area contributed by atoms with Crippen molar-refractivity contribution in [2.45, 2.75) is 25.2 Å². The summed E-state index contributed by atoms with van der Waals surface area (Å²) in [4.78, 5) is 7.81. The predicted octanol–water partition coefficient (Wildman–Crippen LogP) is 3.93. The van der Waals surface area contributed by atoms with Gasteiger partial charge in [-0.2, -0.15) is 26.3 Å². The van der Waals surface area contributed by atoms with Crippen LogP contribution in [0.4, 0.5) is 32.2 Å². The summed E-state index contributed by atoms with van der Waals surface area (Å²) in [6.07, 6.45) is -8.96. The van der Waals surface area contributed by atoms with Crippen LogP contribution in [0.2, 0.25) is 5.28 Å². The minimum atomic E-state index is -4.74. The zero-order valence-electron chi connectivity index (χ0n) is 10.5. The van der Waals surface area contributed by atoms with Crippen molar-refractivity contribution in [1.29, 1.82) is 0 Å². The van der Waals surface area contributed by atoms with Crippen molar-refractivity contribution in [3.05, 3.63) is 17.0 Å². The molecule has 0 aliphatic carbocycles. The first-order valence-corrected chi connectivity index (χ1v) is 6.38. The fourth-order valence-corrected chi connectivity index (χ4v) is 2.34. The molecule has 0 spiro atoms. The molecule has 10 heteroatoms. The second kappa shape index (κ2) is 5.51. The summed E-state index contributed by atoms with van der Waals surface area (Å²) in [6, 6.07) is 0.616. The van der Waals surface area contributed by atoms with Crippen LogP contribution in [-0.4, -0.2) is 29.2 Å². The molecule has 1 aromatic heterocycles. The van der Waals surface area contributed by atoms with Crippen molar-refractivity contribution < 1.29 is 26.3 Å². The molecule has 118 valence electrons. The number of alkyl halides is 6. The third-order valence-electron chi connectivity index (χ3n) is 3.18. The van der Waals surface area contributed by atoms with Crippen LogP contribution in [0.1, 0.15) is 18.5 Å². The number of hydrogen-bond donors (Lipinski definition) is 0. The van der Waals surface area contributed by atoms with E-state index < -0.39 is 35.8 Å². The van der Waals surface area contributed by atoms with Gasteiger partial charge in [-0.15, -0.1) is 0 Å². The average Bonchev–Trinajstić information content (AvgIpc) is 2.36. The van der Waals surface area contributed by atoms with Gasteiger partial charge in [0.2, 0.25) is 5.28 Å². The largest absolute Gasteiger partial charge is 0.433 e. The highest BCUT2D eigenvalue weighted by Gasteiger charge is 2.42. The van der Waals surface area contributed by atoms with E-state index in [9.17, 15) is 26.3 Å². The Morgan fingerprint density at radius 3 is 2.38 bits per heavy atom. The van der Waals surface area contributed by atoms with Crippen LogP contribution in [0.15, 0.2) is 6.07 Å². The van der Waals surface area contributed by atoms with Gasteiger partial charge < -0.3 is 4.90 Å². The molecule has 1 fully saturated rings. The quantitative estimate of drug-likeness (QED) is 0.576. The van der Waals surface area contributed by atoms with Crippen LogP contribution >= 0.6 is 11.6 Å². The number of aromatic nitrogens is 2. The third-order valence-corrected chi connectivity index (χ3v) is 3.35. The van der Waals surface area contributed by atoms with Crippen molar-refractivity contribution in [2.24, 2.45) is 5.92 Å². The van der Waals surface area contributed by atoms with Gasteiger partial charge in [-0.25, -0.2) is 9.97 Å². The Bertz CT molecular complexity index is 516. The molecule has 1 aromatic rings. The van der Waals surface area contributed by atoms with Gasteiger partial charge in [0, 0.05) is 19.2 Å². The smallest absolute Gasteiger partial charge is 0.356 e. The molecule has 1 atom stereocenters. The zero-order chi connectivity index (χ0) is 15.8. The Morgan fingerprint density at radius 2 is 1.81 bits per heavy atom. The van der Waals surface area contributed by atoms with Gasteiger partial charge in [0.15, 0.2) is 5.69 Å². The fraction of sp³-hybridized carbons (Fsp3) is 0.636. The lowest BCUT2D eigenvalue weighted by Crippen LogP contribution is -2.42. The Labute approximate surface area is 120 Å². The van der Waals surface area contributed by atoms with Gasteiger partial charge >= 0.3 is 12.4 Å². The molecule has 2 heterocycles. The van der Waals surface area contributed by atoms with E-state index >= 15 is 0 Å². The highest BCUT2D eigenvalue weighted by molar-refractivity contribution is 6.28. The summed E-state index contributed by atoms with van der Waals surface area (Å²) in [7, 11) is 0. The van der Waals surface area contributed by atoms with Gasteiger partial charge in [-0.3, -0.25) is 0 Å². The lowest BCUT2D eigenvalue weighted by atomic mass is 9.97. The van der Waals surface area contributed by atoms with E-state index in [0.29, 0.717) is 6.07 Å². The second-order valence-corrected chi connectivity index (χ2v) is 5.04. The number of piperidine rings is 1. The van der Waals surface area contributed by atoms with Crippen molar-refractivity contribution in [2.75, 3.05) is 18.0 Å². The topological polar surface area (TPSA) is 29.0 Å². The number of halogens is 7. The molecule has 0 radical (unpaired) electrons. The third kappa shape index (κ3) is 3.90. The maximum absolute atomic E-state index is 12.7. The zero-order valence-corrected chi connectivity index (χ0v) is 11.2. The summed E-state index contributed by atoms with van der Waals surface area (Å²) in [5, 5.41) is -0.644. The van der Waals surface area contributed by atoms with Crippen molar-refractivity contribution >= 4 is 17.4 Å². The van der Waals surface area contributed by atoms with E-state index in [2.05, 4.69) is 9.97 Å². The summed E-state index contributed by atoms with van der Waals surface area (Å²) < 4.78 is 76.0. The fourth-order valence-electron chi connectivity index (χ4n) is 2.17. The number of hydrogen-bond acceptors (Lipinski definition) is 3. The van der Waals surface area contributed by atoms with E-state index in [4.69, 9.17) is 11.6 Å². The maximum Gasteiger partial charge on any atom is 0.433 e. The van der Waals surface area contributed by atoms with E-state index in [0.717, 1.165) is 4.90 Å². The van der Waals surface area contributed by atoms with Crippen LogP contribution < -0.4 is 4.90 Å². The highest BCUT2D eigenvalue weighted by atomic mass is 35.5. The minimum absolute atomic E-state index is 0.0507. The lowest BCUT2D eigenvalue weighted by Gasteiger charge is -2.34. The molecule has 0 bridgehead atoms. The Balaban J connectivity index is 2.27. The highest BCUT2D eigenvalue weighted by Crippen LogP contribution is 2.36. The molecule has 0 N–H and O–H groups in total. The Morgan fingerprint density at radius 1 is 1.14 bits per heavy atom. The molecular formula is C11H10ClF6N3. The van der Waals surface area contributed by atoms with E-state index in [1.165, 1.54) is 0 Å². The summed E-state index contributed by atoms with van der Waals surface area (Å²) >= 11 is 5.43. The molecule has 0 aromatic carbocycles. The van der Waals surface area contributed by atoms with Crippen LogP contribution in [-0.2, 0) is 6.18 Å². The van der Waals surface area contributed by atoms with Crippen LogP contribution in [0.5, 0.6) is 0 Å². The molecule has 3 nitrogen and oxygen atoms in total. The summed E-state index contributed by atoms with van der Waals surface area (Å²) in [6.45, 7) is -0.245. The van der Waals surface area contributed by atoms with E-state index in [-0.39, 0.29) is 25.2 Å². The number of anilines is 1. The first kappa shape index (κ1) is 16.1. The molecular weight excluding hydrogens is 324 g/mol. The van der Waals surface area contributed by atoms with Crippen molar-refractivity contribution in [3.63, 3.8) is 0 Å². The summed E-state index contributed by atoms with van der Waals surface area (Å²) in [5.41, 5.74) is -1.27. The molecule has 0 amide bonds. The standard InChI is InChI=1S/C11H10ClF6N3/c12-9-19-7(11(16,17)18)4-8(20-9)21-3-1-2-6(5-21)10(13,14)15/h4,6H,1-3,5H2. The summed E-state index contributed by atoms with van der Waals surface area (Å²) in [5.74, 6) is -1.83. The molecule has 0 saturated carbocycles. The van der Waals surface area contributed by atoms with E-state index in [1.807, 2.05) is 0 Å². The van der Waals surface area contributed by atoms with E-state index in [1.54, 1.807) is 0 Å². The van der Waals surface area contributed by atoms with Crippen LogP contribution in [0.25, 0.3) is 0 Å². The van der Waals surface area contributed by atoms with Crippen molar-refractivity contribution in [1.82, 2.24) is 9.97 Å². The molecule has 21 heavy (non-hydrogen) atoms. The van der Waals surface area contributed by atoms with Gasteiger partial charge in [-0.05, 0) is 24.4 Å². The first-order valence-electron chi connectivity index (χ1n) is 6.01. The molecule has 1 saturated heterocycles. The molecule has 1 aliphatic rings. The van der Waals surface area contributed by atoms with Gasteiger partial charge in [-0.1, -0.05) is 0 Å². The molecule has 1 unspecified atom stereocenters. The lowest BCUT2D eigenvalue weighted by molar-refractivity contribution is -0.176. The van der Waals surface area contributed by atoms with Gasteiger partial charge in [0.25, 0.3) is 0 Å². The molecule has 1 aliphatic heterocycles. The Hall–Kier alpha value is -1.25. The monoisotopic (exact) mass is 333 g/mol. The maximum atomic E-state index is 12.7. The number of nitrogens with zero attached hydrogens (tertiary/aromatic N) is 3. The predicted molar refractivity (Wildman–Crippen MR) is 63.0 cm³/mol.